The van der Waals surface area contributed by atoms with E-state index in [1.165, 1.54) is 56.3 Å². The molecule has 41 heavy (non-hydrogen) atoms. The number of para-hydroxylation sites is 2. The topological polar surface area (TPSA) is 93.2 Å². The van der Waals surface area contributed by atoms with Crippen LogP contribution in [0.2, 0.25) is 0 Å². The number of benzene rings is 1. The summed E-state index contributed by atoms with van der Waals surface area (Å²) in [5.74, 6) is 1.44. The van der Waals surface area contributed by atoms with Crippen LogP contribution < -0.4 is 10.2 Å². The number of nitrogens with zero attached hydrogens (tertiary/aromatic N) is 3. The highest BCUT2D eigenvalue weighted by molar-refractivity contribution is 6.06. The highest BCUT2D eigenvalue weighted by Crippen LogP contribution is 2.48. The second kappa shape index (κ2) is 10.9. The van der Waals surface area contributed by atoms with E-state index in [2.05, 4.69) is 22.0 Å². The molecule has 0 spiro atoms. The maximum atomic E-state index is 14.5. The Bertz CT molecular complexity index is 1160. The number of aliphatic carboxylic acids is 1. The van der Waals surface area contributed by atoms with Gasteiger partial charge in [-0.1, -0.05) is 25.5 Å². The first-order chi connectivity index (χ1) is 19.9. The molecule has 2 N–H and O–H groups in total. The minimum Gasteiger partial charge on any atom is -0.480 e. The fraction of sp³-hybridized carbons (Fsp3) is 0.727. The molecule has 2 saturated carbocycles. The molecule has 4 bridgehead atoms. The second-order valence-corrected chi connectivity index (χ2v) is 14.2. The number of carbonyl (C=O) groups excluding carboxylic acids is 2. The zero-order valence-corrected chi connectivity index (χ0v) is 24.4. The van der Waals surface area contributed by atoms with Crippen LogP contribution in [0.5, 0.6) is 0 Å². The van der Waals surface area contributed by atoms with Crippen LogP contribution in [0.25, 0.3) is 0 Å². The fourth-order valence-corrected chi connectivity index (χ4v) is 10.2. The van der Waals surface area contributed by atoms with Crippen LogP contribution in [-0.4, -0.2) is 75.5 Å². The molecule has 8 heteroatoms. The van der Waals surface area contributed by atoms with E-state index in [4.69, 9.17) is 0 Å². The Balaban J connectivity index is 1.15. The number of carbonyl (C=O) groups is 3. The third-order valence-electron chi connectivity index (χ3n) is 11.4. The van der Waals surface area contributed by atoms with Crippen molar-refractivity contribution in [1.82, 2.24) is 9.80 Å². The molecule has 6 aliphatic rings. The van der Waals surface area contributed by atoms with Crippen molar-refractivity contribution in [3.8, 4) is 0 Å². The van der Waals surface area contributed by atoms with E-state index in [1.54, 1.807) is 0 Å². The molecule has 4 aliphatic heterocycles. The van der Waals surface area contributed by atoms with Crippen molar-refractivity contribution in [2.75, 3.05) is 16.8 Å². The lowest BCUT2D eigenvalue weighted by Crippen LogP contribution is -2.66. The molecule has 7 rings (SSSR count). The maximum Gasteiger partial charge on any atom is 0.323 e. The van der Waals surface area contributed by atoms with Crippen LogP contribution >= 0.6 is 0 Å². The quantitative estimate of drug-likeness (QED) is 0.532. The third kappa shape index (κ3) is 5.04. The van der Waals surface area contributed by atoms with Crippen molar-refractivity contribution in [3.63, 3.8) is 0 Å². The first-order valence-electron chi connectivity index (χ1n) is 16.3. The van der Waals surface area contributed by atoms with Crippen molar-refractivity contribution in [2.45, 2.75) is 127 Å². The number of hydrogen-bond acceptors (Lipinski definition) is 5. The molecule has 0 aromatic heterocycles. The number of carboxylic acid groups (broad SMARTS) is 1. The van der Waals surface area contributed by atoms with Gasteiger partial charge in [0.05, 0.1) is 17.4 Å². The summed E-state index contributed by atoms with van der Waals surface area (Å²) in [4.78, 5) is 45.4. The van der Waals surface area contributed by atoms with Gasteiger partial charge in [0.15, 0.2) is 0 Å². The predicted octanol–water partition coefficient (Wildman–Crippen LogP) is 4.88. The van der Waals surface area contributed by atoms with E-state index in [1.807, 2.05) is 24.3 Å². The van der Waals surface area contributed by atoms with Gasteiger partial charge < -0.3 is 20.2 Å². The van der Waals surface area contributed by atoms with E-state index in [0.717, 1.165) is 42.0 Å². The number of amides is 2. The van der Waals surface area contributed by atoms with Gasteiger partial charge >= 0.3 is 5.97 Å². The second-order valence-electron chi connectivity index (χ2n) is 14.2. The van der Waals surface area contributed by atoms with Crippen LogP contribution in [0.1, 0.15) is 90.4 Å². The molecule has 2 amide bonds. The van der Waals surface area contributed by atoms with E-state index < -0.39 is 18.1 Å². The molecule has 9 atom stereocenters. The van der Waals surface area contributed by atoms with Crippen LogP contribution in [0, 0.1) is 17.8 Å². The molecule has 3 saturated heterocycles. The standard InChI is InChI=1S/C33H46N4O4/c1-20-12-21-14-22(13-20)16-25(15-21)36-23-6-4-7-24(36)18-26(17-23)37-28-9-3-2-8-27(28)34-32(33(37)41)29-10-5-11-30(38)35(29)19-31(39)40/h2-3,8-9,20-26,29,32,34H,4-7,10-19H2,1H3,(H,39,40)/t20?,21-,22+,23-,24+,25?,26?,29?,32?. The van der Waals surface area contributed by atoms with Gasteiger partial charge in [-0.25, -0.2) is 0 Å². The van der Waals surface area contributed by atoms with E-state index >= 15 is 0 Å². The Labute approximate surface area is 243 Å². The van der Waals surface area contributed by atoms with E-state index in [9.17, 15) is 19.5 Å². The van der Waals surface area contributed by atoms with Gasteiger partial charge in [-0.15, -0.1) is 0 Å². The van der Waals surface area contributed by atoms with Crippen LogP contribution in [0.15, 0.2) is 24.3 Å². The predicted molar refractivity (Wildman–Crippen MR) is 158 cm³/mol. The van der Waals surface area contributed by atoms with Crippen molar-refractivity contribution in [3.05, 3.63) is 24.3 Å². The molecule has 2 aliphatic carbocycles. The summed E-state index contributed by atoms with van der Waals surface area (Å²) in [5.41, 5.74) is 1.84. The lowest BCUT2D eigenvalue weighted by Gasteiger charge is -2.57. The van der Waals surface area contributed by atoms with Gasteiger partial charge in [-0.3, -0.25) is 19.3 Å². The van der Waals surface area contributed by atoms with Crippen LogP contribution in [-0.2, 0) is 14.4 Å². The highest BCUT2D eigenvalue weighted by Gasteiger charge is 2.50. The minimum atomic E-state index is -1.03. The van der Waals surface area contributed by atoms with Gasteiger partial charge in [-0.05, 0) is 101 Å². The maximum absolute atomic E-state index is 14.5. The summed E-state index contributed by atoms with van der Waals surface area (Å²) < 4.78 is 0. The average Bonchev–Trinajstić information content (AvgIpc) is 2.92. The van der Waals surface area contributed by atoms with Crippen molar-refractivity contribution in [2.24, 2.45) is 17.8 Å². The normalized spacial score (nSPS) is 39.2. The number of carboxylic acids is 1. The largest absolute Gasteiger partial charge is 0.480 e. The van der Waals surface area contributed by atoms with E-state index in [0.29, 0.717) is 37.4 Å². The van der Waals surface area contributed by atoms with Gasteiger partial charge in [0.25, 0.3) is 5.91 Å². The monoisotopic (exact) mass is 562 g/mol. The molecular weight excluding hydrogens is 516 g/mol. The SMILES string of the molecule is CC1C[C@@H]2CC(N3[C@@H]4CCC[C@H]3CC(N3C(=O)C(C5CCCC(=O)N5CC(=O)O)Nc5ccccc53)C4)C[C@H](C1)C2. The smallest absolute Gasteiger partial charge is 0.323 e. The Morgan fingerprint density at radius 2 is 1.59 bits per heavy atom. The molecule has 4 heterocycles. The van der Waals surface area contributed by atoms with Crippen molar-refractivity contribution in [1.29, 1.82) is 0 Å². The number of fused-ring (bicyclic) bond motifs is 5. The van der Waals surface area contributed by atoms with Crippen molar-refractivity contribution >= 4 is 29.2 Å². The first kappa shape index (κ1) is 27.2. The molecule has 1 aromatic carbocycles. The Hall–Kier alpha value is -2.61. The number of piperidine rings is 3. The van der Waals surface area contributed by atoms with Gasteiger partial charge in [0, 0.05) is 30.6 Å². The molecule has 222 valence electrons. The summed E-state index contributed by atoms with van der Waals surface area (Å²) in [6, 6.07) is 8.80. The van der Waals surface area contributed by atoms with Gasteiger partial charge in [-0.2, -0.15) is 0 Å². The number of hydrogen-bond donors (Lipinski definition) is 2. The van der Waals surface area contributed by atoms with Gasteiger partial charge in [0.1, 0.15) is 12.6 Å². The molecule has 0 radical (unpaired) electrons. The molecular formula is C33H46N4O4. The average molecular weight is 563 g/mol. The number of anilines is 2. The minimum absolute atomic E-state index is 0.00324. The summed E-state index contributed by atoms with van der Waals surface area (Å²) in [5, 5.41) is 13.0. The number of rotatable bonds is 5. The van der Waals surface area contributed by atoms with Crippen LogP contribution in [0.4, 0.5) is 11.4 Å². The van der Waals surface area contributed by atoms with E-state index in [-0.39, 0.29) is 24.4 Å². The highest BCUT2D eigenvalue weighted by atomic mass is 16.4. The lowest BCUT2D eigenvalue weighted by molar-refractivity contribution is -0.149. The molecule has 5 unspecified atom stereocenters. The molecule has 5 fully saturated rings. The first-order valence-corrected chi connectivity index (χ1v) is 16.3. The molecule has 8 nitrogen and oxygen atoms in total. The lowest BCUT2D eigenvalue weighted by atomic mass is 9.65. The summed E-state index contributed by atoms with van der Waals surface area (Å²) in [6.45, 7) is 2.08. The van der Waals surface area contributed by atoms with Crippen molar-refractivity contribution < 1.29 is 19.5 Å². The third-order valence-corrected chi connectivity index (χ3v) is 11.4. The fourth-order valence-electron chi connectivity index (χ4n) is 10.2. The van der Waals surface area contributed by atoms with Crippen LogP contribution in [0.3, 0.4) is 0 Å². The Kier molecular flexibility index (Phi) is 7.24. The zero-order valence-electron chi connectivity index (χ0n) is 24.4. The zero-order chi connectivity index (χ0) is 28.2. The number of nitrogens with one attached hydrogen (secondary N) is 1. The molecule has 1 aromatic rings. The summed E-state index contributed by atoms with van der Waals surface area (Å²) >= 11 is 0. The summed E-state index contributed by atoms with van der Waals surface area (Å²) in [7, 11) is 0. The summed E-state index contributed by atoms with van der Waals surface area (Å²) in [6.07, 6.45) is 14.3. The number of likely N-dealkylation sites (tertiary alicyclic amines) is 1. The Morgan fingerprint density at radius 3 is 2.29 bits per heavy atom. The Morgan fingerprint density at radius 1 is 0.878 bits per heavy atom. The van der Waals surface area contributed by atoms with Gasteiger partial charge in [0.2, 0.25) is 5.91 Å².